The molecule has 1 N–H and O–H groups in total. The third-order valence-corrected chi connectivity index (χ3v) is 4.93. The highest BCUT2D eigenvalue weighted by Gasteiger charge is 2.29. The molecule has 2 aromatic rings. The van der Waals surface area contributed by atoms with Gasteiger partial charge in [-0.2, -0.15) is 0 Å². The van der Waals surface area contributed by atoms with Gasteiger partial charge in [-0.25, -0.2) is 0 Å². The molecule has 0 unspecified atom stereocenters. The Bertz CT molecular complexity index is 825. The lowest BCUT2D eigenvalue weighted by molar-refractivity contribution is -0.143. The molecule has 0 radical (unpaired) electrons. The summed E-state index contributed by atoms with van der Waals surface area (Å²) in [5, 5.41) is 3.45. The van der Waals surface area contributed by atoms with Crippen molar-refractivity contribution in [1.29, 1.82) is 0 Å². The van der Waals surface area contributed by atoms with E-state index in [0.29, 0.717) is 30.3 Å². The maximum Gasteiger partial charge on any atom is 0.261 e. The summed E-state index contributed by atoms with van der Waals surface area (Å²) < 4.78 is 5.65. The zero-order valence-electron chi connectivity index (χ0n) is 17.3. The summed E-state index contributed by atoms with van der Waals surface area (Å²) in [6.07, 6.45) is 1.36. The van der Waals surface area contributed by atoms with Gasteiger partial charge < -0.3 is 15.0 Å². The fourth-order valence-electron chi connectivity index (χ4n) is 3.04. The highest BCUT2D eigenvalue weighted by molar-refractivity contribution is 6.30. The summed E-state index contributed by atoms with van der Waals surface area (Å²) in [5.41, 5.74) is 2.08. The van der Waals surface area contributed by atoms with E-state index in [1.54, 1.807) is 29.2 Å². The summed E-state index contributed by atoms with van der Waals surface area (Å²) in [6, 6.07) is 14.2. The second-order valence-corrected chi connectivity index (χ2v) is 7.35. The molecule has 6 heteroatoms. The van der Waals surface area contributed by atoms with E-state index >= 15 is 0 Å². The van der Waals surface area contributed by atoms with Crippen molar-refractivity contribution in [2.45, 2.75) is 46.2 Å². The third-order valence-electron chi connectivity index (χ3n) is 4.70. The topological polar surface area (TPSA) is 58.6 Å². The lowest BCUT2D eigenvalue weighted by atomic mass is 10.1. The van der Waals surface area contributed by atoms with Gasteiger partial charge in [0.1, 0.15) is 11.8 Å². The number of ether oxygens (including phenoxy) is 1. The first-order valence-corrected chi connectivity index (χ1v) is 10.3. The number of hydrogen-bond donors (Lipinski definition) is 1. The van der Waals surface area contributed by atoms with Crippen LogP contribution in [0.15, 0.2) is 48.5 Å². The van der Waals surface area contributed by atoms with Crippen LogP contribution in [-0.2, 0) is 16.1 Å². The first-order chi connectivity index (χ1) is 14.0. The van der Waals surface area contributed by atoms with Crippen LogP contribution in [0.2, 0.25) is 5.02 Å². The molecule has 0 bridgehead atoms. The lowest BCUT2D eigenvalue weighted by Crippen LogP contribution is -2.50. The molecule has 2 rings (SSSR count). The van der Waals surface area contributed by atoms with Gasteiger partial charge in [0.25, 0.3) is 5.91 Å². The van der Waals surface area contributed by atoms with Gasteiger partial charge in [0.15, 0.2) is 6.61 Å². The number of aryl methyl sites for hydroxylation is 1. The fraction of sp³-hybridized carbons (Fsp3) is 0.391. The van der Waals surface area contributed by atoms with Crippen molar-refractivity contribution in [3.63, 3.8) is 0 Å². The number of rotatable bonds is 10. The summed E-state index contributed by atoms with van der Waals surface area (Å²) in [6.45, 7) is 6.67. The summed E-state index contributed by atoms with van der Waals surface area (Å²) in [4.78, 5) is 27.4. The molecule has 0 saturated heterocycles. The summed E-state index contributed by atoms with van der Waals surface area (Å²) >= 11 is 5.98. The number of hydrogen-bond acceptors (Lipinski definition) is 3. The maximum absolute atomic E-state index is 13.1. The Morgan fingerprint density at radius 2 is 1.90 bits per heavy atom. The Hall–Kier alpha value is -2.53. The minimum absolute atomic E-state index is 0.140. The van der Waals surface area contributed by atoms with Crippen molar-refractivity contribution in [3.8, 4) is 5.75 Å². The average molecular weight is 417 g/mol. The zero-order chi connectivity index (χ0) is 21.2. The Balaban J connectivity index is 2.20. The molecule has 2 aromatic carbocycles. The van der Waals surface area contributed by atoms with Gasteiger partial charge in [-0.1, -0.05) is 55.8 Å². The van der Waals surface area contributed by atoms with E-state index in [9.17, 15) is 9.59 Å². The van der Waals surface area contributed by atoms with Crippen molar-refractivity contribution in [2.75, 3.05) is 13.2 Å². The highest BCUT2D eigenvalue weighted by atomic mass is 35.5. The normalized spacial score (nSPS) is 11.6. The molecular weight excluding hydrogens is 388 g/mol. The van der Waals surface area contributed by atoms with Crippen molar-refractivity contribution in [3.05, 3.63) is 64.7 Å². The van der Waals surface area contributed by atoms with Crippen LogP contribution in [0.5, 0.6) is 5.75 Å². The molecule has 29 heavy (non-hydrogen) atoms. The van der Waals surface area contributed by atoms with Gasteiger partial charge in [-0.15, -0.1) is 0 Å². The largest absolute Gasteiger partial charge is 0.484 e. The Morgan fingerprint density at radius 1 is 1.14 bits per heavy atom. The third kappa shape index (κ3) is 6.79. The van der Waals surface area contributed by atoms with E-state index in [2.05, 4.69) is 5.32 Å². The fourth-order valence-corrected chi connectivity index (χ4v) is 3.22. The van der Waals surface area contributed by atoms with Gasteiger partial charge in [-0.05, 0) is 49.1 Å². The van der Waals surface area contributed by atoms with Gasteiger partial charge in [0.2, 0.25) is 5.91 Å². The van der Waals surface area contributed by atoms with Crippen molar-refractivity contribution in [2.24, 2.45) is 0 Å². The van der Waals surface area contributed by atoms with Crippen molar-refractivity contribution < 1.29 is 14.3 Å². The highest BCUT2D eigenvalue weighted by Crippen LogP contribution is 2.19. The van der Waals surface area contributed by atoms with Crippen molar-refractivity contribution >= 4 is 23.4 Å². The summed E-state index contributed by atoms with van der Waals surface area (Å²) in [7, 11) is 0. The van der Waals surface area contributed by atoms with E-state index in [1.165, 1.54) is 0 Å². The first kappa shape index (κ1) is 22.8. The number of nitrogens with zero attached hydrogens (tertiary/aromatic N) is 1. The van der Waals surface area contributed by atoms with Gasteiger partial charge in [0, 0.05) is 18.1 Å². The van der Waals surface area contributed by atoms with Crippen LogP contribution in [0.25, 0.3) is 0 Å². The molecule has 0 heterocycles. The molecule has 0 spiro atoms. The van der Waals surface area contributed by atoms with Crippen LogP contribution in [0.3, 0.4) is 0 Å². The number of benzene rings is 2. The van der Waals surface area contributed by atoms with Crippen LogP contribution in [0.4, 0.5) is 0 Å². The first-order valence-electron chi connectivity index (χ1n) is 9.96. The zero-order valence-corrected chi connectivity index (χ0v) is 18.0. The van der Waals surface area contributed by atoms with E-state index in [-0.39, 0.29) is 18.4 Å². The number of amides is 2. The van der Waals surface area contributed by atoms with Crippen LogP contribution in [-0.4, -0.2) is 35.9 Å². The minimum atomic E-state index is -0.559. The van der Waals surface area contributed by atoms with Gasteiger partial charge in [-0.3, -0.25) is 9.59 Å². The number of carbonyl (C=O) groups excluding carboxylic acids is 2. The standard InChI is InChI=1S/C23H29ClN2O3/c1-4-13-25-23(28)21(5-2)26(15-18-10-7-6-9-17(18)3)22(27)16-29-20-12-8-11-19(24)14-20/h6-12,14,21H,4-5,13,15-16H2,1-3H3,(H,25,28)/t21-/m1/s1. The van der Waals surface area contributed by atoms with E-state index < -0.39 is 6.04 Å². The van der Waals surface area contributed by atoms with Crippen LogP contribution >= 0.6 is 11.6 Å². The predicted molar refractivity (Wildman–Crippen MR) is 116 cm³/mol. The van der Waals surface area contributed by atoms with Crippen LogP contribution < -0.4 is 10.1 Å². The van der Waals surface area contributed by atoms with Crippen LogP contribution in [0.1, 0.15) is 37.8 Å². The number of nitrogens with one attached hydrogen (secondary N) is 1. The van der Waals surface area contributed by atoms with Gasteiger partial charge in [0.05, 0.1) is 0 Å². The van der Waals surface area contributed by atoms with E-state index in [1.807, 2.05) is 45.0 Å². The van der Waals surface area contributed by atoms with Gasteiger partial charge >= 0.3 is 0 Å². The minimum Gasteiger partial charge on any atom is -0.484 e. The summed E-state index contributed by atoms with van der Waals surface area (Å²) in [5.74, 6) is 0.135. The number of carbonyl (C=O) groups is 2. The second kappa shape index (κ2) is 11.5. The number of halogens is 1. The molecule has 5 nitrogen and oxygen atoms in total. The SMILES string of the molecule is CCCNC(=O)[C@@H](CC)N(Cc1ccccc1C)C(=O)COc1cccc(Cl)c1. The molecule has 2 amide bonds. The Morgan fingerprint density at radius 3 is 2.55 bits per heavy atom. The molecule has 0 aliphatic carbocycles. The van der Waals surface area contributed by atoms with Crippen molar-refractivity contribution in [1.82, 2.24) is 10.2 Å². The Labute approximate surface area is 178 Å². The predicted octanol–water partition coefficient (Wildman–Crippen LogP) is 4.36. The second-order valence-electron chi connectivity index (χ2n) is 6.91. The molecule has 0 aliphatic rings. The van der Waals surface area contributed by atoms with Crippen LogP contribution in [0, 0.1) is 6.92 Å². The Kier molecular flexibility index (Phi) is 9.00. The molecular formula is C23H29ClN2O3. The van der Waals surface area contributed by atoms with E-state index in [0.717, 1.165) is 17.5 Å². The molecule has 156 valence electrons. The average Bonchev–Trinajstić information content (AvgIpc) is 2.71. The quantitative estimate of drug-likeness (QED) is 0.626. The van der Waals surface area contributed by atoms with E-state index in [4.69, 9.17) is 16.3 Å². The molecule has 1 atom stereocenters. The smallest absolute Gasteiger partial charge is 0.261 e. The molecule has 0 saturated carbocycles. The monoisotopic (exact) mass is 416 g/mol. The maximum atomic E-state index is 13.1. The lowest BCUT2D eigenvalue weighted by Gasteiger charge is -2.31. The molecule has 0 aromatic heterocycles. The molecule has 0 aliphatic heterocycles. The molecule has 0 fully saturated rings.